The van der Waals surface area contributed by atoms with E-state index < -0.39 is 5.97 Å². The van der Waals surface area contributed by atoms with Gasteiger partial charge in [0.15, 0.2) is 0 Å². The normalized spacial score (nSPS) is 21.1. The number of benzene rings is 1. The van der Waals surface area contributed by atoms with Crippen LogP contribution in [0.2, 0.25) is 0 Å². The lowest BCUT2D eigenvalue weighted by Crippen LogP contribution is -2.03. The minimum Gasteiger partial charge on any atom is -0.478 e. The van der Waals surface area contributed by atoms with Crippen LogP contribution in [-0.4, -0.2) is 20.6 Å². The van der Waals surface area contributed by atoms with Crippen LogP contribution >= 0.6 is 0 Å². The predicted molar refractivity (Wildman–Crippen MR) is 68.6 cm³/mol. The zero-order valence-electron chi connectivity index (χ0n) is 10.6. The van der Waals surface area contributed by atoms with Gasteiger partial charge >= 0.3 is 5.97 Å². The van der Waals surface area contributed by atoms with Gasteiger partial charge in [0.1, 0.15) is 0 Å². The summed E-state index contributed by atoms with van der Waals surface area (Å²) in [5.74, 6) is -0.222. The fourth-order valence-corrected chi connectivity index (χ4v) is 2.46. The van der Waals surface area contributed by atoms with Crippen molar-refractivity contribution in [2.75, 3.05) is 0 Å². The Balaban J connectivity index is 1.97. The van der Waals surface area contributed by atoms with Gasteiger partial charge in [-0.2, -0.15) is 0 Å². The molecule has 18 heavy (non-hydrogen) atoms. The lowest BCUT2D eigenvalue weighted by atomic mass is 10.1. The number of aromatic nitrogens is 2. The van der Waals surface area contributed by atoms with Crippen molar-refractivity contribution in [3.8, 4) is 0 Å². The Kier molecular flexibility index (Phi) is 2.24. The SMILES string of the molecule is CC1(C)CC1Cn1cnc2ccc(C(=O)O)cc21. The number of fused-ring (bicyclic) bond motifs is 1. The molecule has 1 fully saturated rings. The van der Waals surface area contributed by atoms with E-state index in [1.165, 1.54) is 6.42 Å². The molecule has 1 heterocycles. The van der Waals surface area contributed by atoms with Crippen molar-refractivity contribution in [3.63, 3.8) is 0 Å². The number of rotatable bonds is 3. The molecule has 0 bridgehead atoms. The average Bonchev–Trinajstić information content (AvgIpc) is 2.73. The highest BCUT2D eigenvalue weighted by molar-refractivity contribution is 5.92. The van der Waals surface area contributed by atoms with Crippen LogP contribution in [0.1, 0.15) is 30.6 Å². The third-order valence-electron chi connectivity index (χ3n) is 4.00. The number of imidazole rings is 1. The van der Waals surface area contributed by atoms with Gasteiger partial charge in [0.05, 0.1) is 22.9 Å². The van der Waals surface area contributed by atoms with Crippen LogP contribution in [0.15, 0.2) is 24.5 Å². The third kappa shape index (κ3) is 1.78. The molecule has 3 rings (SSSR count). The maximum Gasteiger partial charge on any atom is 0.335 e. The van der Waals surface area contributed by atoms with Crippen LogP contribution in [0, 0.1) is 11.3 Å². The Bertz CT molecular complexity index is 628. The molecule has 1 aliphatic carbocycles. The molecule has 94 valence electrons. The minimum absolute atomic E-state index is 0.319. The third-order valence-corrected chi connectivity index (χ3v) is 4.00. The van der Waals surface area contributed by atoms with E-state index in [-0.39, 0.29) is 0 Å². The van der Waals surface area contributed by atoms with Gasteiger partial charge in [-0.25, -0.2) is 9.78 Å². The van der Waals surface area contributed by atoms with E-state index in [0.717, 1.165) is 17.6 Å². The first-order valence-electron chi connectivity index (χ1n) is 6.15. The van der Waals surface area contributed by atoms with Crippen molar-refractivity contribution in [2.45, 2.75) is 26.8 Å². The van der Waals surface area contributed by atoms with E-state index in [9.17, 15) is 4.79 Å². The zero-order valence-corrected chi connectivity index (χ0v) is 10.6. The van der Waals surface area contributed by atoms with Crippen LogP contribution in [0.4, 0.5) is 0 Å². The molecule has 1 saturated carbocycles. The molecule has 1 aliphatic rings. The molecule has 1 unspecified atom stereocenters. The summed E-state index contributed by atoms with van der Waals surface area (Å²) >= 11 is 0. The highest BCUT2D eigenvalue weighted by Gasteiger charge is 2.45. The van der Waals surface area contributed by atoms with Crippen LogP contribution < -0.4 is 0 Å². The first-order chi connectivity index (χ1) is 8.47. The van der Waals surface area contributed by atoms with Crippen molar-refractivity contribution < 1.29 is 9.90 Å². The van der Waals surface area contributed by atoms with Gasteiger partial charge in [-0.1, -0.05) is 13.8 Å². The average molecular weight is 244 g/mol. The van der Waals surface area contributed by atoms with Crippen LogP contribution in [0.3, 0.4) is 0 Å². The monoisotopic (exact) mass is 244 g/mol. The predicted octanol–water partition coefficient (Wildman–Crippen LogP) is 2.78. The van der Waals surface area contributed by atoms with E-state index in [2.05, 4.69) is 23.4 Å². The smallest absolute Gasteiger partial charge is 0.335 e. The second kappa shape index (κ2) is 3.57. The molecule has 0 spiro atoms. The maximum atomic E-state index is 11.0. The summed E-state index contributed by atoms with van der Waals surface area (Å²) in [7, 11) is 0. The Labute approximate surface area is 105 Å². The van der Waals surface area contributed by atoms with Gasteiger partial charge in [-0.15, -0.1) is 0 Å². The summed E-state index contributed by atoms with van der Waals surface area (Å²) in [5, 5.41) is 9.02. The van der Waals surface area contributed by atoms with Crippen molar-refractivity contribution >= 4 is 17.0 Å². The summed E-state index contributed by atoms with van der Waals surface area (Å²) in [6.07, 6.45) is 3.04. The largest absolute Gasteiger partial charge is 0.478 e. The number of aromatic carboxylic acids is 1. The summed E-state index contributed by atoms with van der Waals surface area (Å²) in [6, 6.07) is 5.08. The van der Waals surface area contributed by atoms with E-state index in [4.69, 9.17) is 5.11 Å². The van der Waals surface area contributed by atoms with Gasteiger partial charge in [0, 0.05) is 6.54 Å². The summed E-state index contributed by atoms with van der Waals surface area (Å²) in [6.45, 7) is 5.45. The second-order valence-corrected chi connectivity index (χ2v) is 5.80. The number of carboxylic acids is 1. The quantitative estimate of drug-likeness (QED) is 0.903. The molecule has 2 aromatic rings. The standard InChI is InChI=1S/C14H16N2O2/c1-14(2)6-10(14)7-16-8-15-11-4-3-9(13(17)18)5-12(11)16/h3-5,8,10H,6-7H2,1-2H3,(H,17,18). The summed E-state index contributed by atoms with van der Waals surface area (Å²) < 4.78 is 2.07. The number of nitrogens with zero attached hydrogens (tertiary/aromatic N) is 2. The topological polar surface area (TPSA) is 55.1 Å². The van der Waals surface area contributed by atoms with Gasteiger partial charge in [-0.3, -0.25) is 0 Å². The highest BCUT2D eigenvalue weighted by atomic mass is 16.4. The molecule has 1 atom stereocenters. The molecule has 0 amide bonds. The zero-order chi connectivity index (χ0) is 12.9. The Hall–Kier alpha value is -1.84. The Morgan fingerprint density at radius 3 is 2.89 bits per heavy atom. The van der Waals surface area contributed by atoms with Gasteiger partial charge < -0.3 is 9.67 Å². The molecule has 1 N–H and O–H groups in total. The fraction of sp³-hybridized carbons (Fsp3) is 0.429. The van der Waals surface area contributed by atoms with Gasteiger partial charge in [0.25, 0.3) is 0 Å². The van der Waals surface area contributed by atoms with Crippen molar-refractivity contribution in [1.82, 2.24) is 9.55 Å². The molecule has 1 aromatic carbocycles. The number of hydrogen-bond donors (Lipinski definition) is 1. The molecule has 4 heteroatoms. The Morgan fingerprint density at radius 1 is 1.56 bits per heavy atom. The van der Waals surface area contributed by atoms with E-state index in [0.29, 0.717) is 16.9 Å². The first-order valence-corrected chi connectivity index (χ1v) is 6.15. The minimum atomic E-state index is -0.892. The second-order valence-electron chi connectivity index (χ2n) is 5.80. The van der Waals surface area contributed by atoms with Gasteiger partial charge in [0.2, 0.25) is 0 Å². The van der Waals surface area contributed by atoms with Crippen molar-refractivity contribution in [1.29, 1.82) is 0 Å². The molecule has 0 radical (unpaired) electrons. The molecular formula is C14H16N2O2. The Morgan fingerprint density at radius 2 is 2.28 bits per heavy atom. The molecule has 0 saturated heterocycles. The molecule has 0 aliphatic heterocycles. The highest BCUT2D eigenvalue weighted by Crippen LogP contribution is 2.52. The summed E-state index contributed by atoms with van der Waals surface area (Å²) in [5.41, 5.74) is 2.51. The van der Waals surface area contributed by atoms with E-state index in [1.54, 1.807) is 18.2 Å². The lowest BCUT2D eigenvalue weighted by molar-refractivity contribution is 0.0697. The van der Waals surface area contributed by atoms with E-state index in [1.807, 2.05) is 6.33 Å². The maximum absolute atomic E-state index is 11.0. The number of carboxylic acid groups (broad SMARTS) is 1. The van der Waals surface area contributed by atoms with Gasteiger partial charge in [-0.05, 0) is 36.0 Å². The molecular weight excluding hydrogens is 228 g/mol. The fourth-order valence-electron chi connectivity index (χ4n) is 2.46. The van der Waals surface area contributed by atoms with Crippen LogP contribution in [0.5, 0.6) is 0 Å². The first kappa shape index (κ1) is 11.3. The van der Waals surface area contributed by atoms with Crippen LogP contribution in [-0.2, 0) is 6.54 Å². The molecule has 4 nitrogen and oxygen atoms in total. The summed E-state index contributed by atoms with van der Waals surface area (Å²) in [4.78, 5) is 15.3. The number of carbonyl (C=O) groups is 1. The van der Waals surface area contributed by atoms with Crippen molar-refractivity contribution in [3.05, 3.63) is 30.1 Å². The lowest BCUT2D eigenvalue weighted by Gasteiger charge is -2.06. The van der Waals surface area contributed by atoms with Crippen molar-refractivity contribution in [2.24, 2.45) is 11.3 Å². The van der Waals surface area contributed by atoms with Crippen LogP contribution in [0.25, 0.3) is 11.0 Å². The number of hydrogen-bond acceptors (Lipinski definition) is 2. The molecule has 1 aromatic heterocycles. The van der Waals surface area contributed by atoms with E-state index >= 15 is 0 Å².